The normalized spacial score (nSPS) is 19.2. The lowest BCUT2D eigenvalue weighted by Crippen LogP contribution is -2.35. The molecule has 1 aliphatic carbocycles. The minimum absolute atomic E-state index is 0.0523. The molecule has 0 aliphatic heterocycles. The first-order valence-electron chi connectivity index (χ1n) is 11.3. The monoisotopic (exact) mass is 460 g/mol. The van der Waals surface area contributed by atoms with Crippen LogP contribution < -0.4 is 10.6 Å². The number of carboxylic acids is 1. The van der Waals surface area contributed by atoms with Crippen LogP contribution in [0.2, 0.25) is 0 Å². The lowest BCUT2D eigenvalue weighted by molar-refractivity contribution is -0.143. The third-order valence-electron chi connectivity index (χ3n) is 6.58. The Kier molecular flexibility index (Phi) is 6.61. The van der Waals surface area contributed by atoms with Crippen molar-refractivity contribution in [3.05, 3.63) is 71.5 Å². The molecule has 1 heterocycles. The van der Waals surface area contributed by atoms with Gasteiger partial charge in [0.1, 0.15) is 0 Å². The van der Waals surface area contributed by atoms with Crippen molar-refractivity contribution in [2.75, 3.05) is 10.6 Å². The van der Waals surface area contributed by atoms with E-state index in [9.17, 15) is 19.8 Å². The van der Waals surface area contributed by atoms with E-state index in [2.05, 4.69) is 20.6 Å². The van der Waals surface area contributed by atoms with Gasteiger partial charge in [-0.2, -0.15) is 0 Å². The summed E-state index contributed by atoms with van der Waals surface area (Å²) in [7, 11) is 0. The van der Waals surface area contributed by atoms with Crippen molar-refractivity contribution in [3.63, 3.8) is 0 Å². The fourth-order valence-electron chi connectivity index (χ4n) is 4.62. The molecule has 2 amide bonds. The highest BCUT2D eigenvalue weighted by Crippen LogP contribution is 2.49. The van der Waals surface area contributed by atoms with Crippen LogP contribution in [0, 0.1) is 12.3 Å². The Morgan fingerprint density at radius 3 is 2.62 bits per heavy atom. The minimum atomic E-state index is -0.891. The number of hydrogen-bond donors (Lipinski definition) is 4. The first-order chi connectivity index (χ1) is 16.3. The van der Waals surface area contributed by atoms with Crippen LogP contribution >= 0.6 is 0 Å². The summed E-state index contributed by atoms with van der Waals surface area (Å²) < 4.78 is 0. The van der Waals surface area contributed by atoms with E-state index in [0.29, 0.717) is 36.5 Å². The number of hydrogen-bond acceptors (Lipinski definition) is 5. The van der Waals surface area contributed by atoms with Crippen molar-refractivity contribution in [2.45, 2.75) is 45.6 Å². The number of aliphatic carboxylic acids is 1. The number of rotatable bonds is 6. The second-order valence-corrected chi connectivity index (χ2v) is 8.84. The van der Waals surface area contributed by atoms with Gasteiger partial charge in [-0.3, -0.25) is 15.1 Å². The molecule has 2 unspecified atom stereocenters. The van der Waals surface area contributed by atoms with Gasteiger partial charge in [-0.25, -0.2) is 9.78 Å². The molecule has 0 fully saturated rings. The molecule has 3 aromatic rings. The Labute approximate surface area is 198 Å². The van der Waals surface area contributed by atoms with E-state index in [1.807, 2.05) is 50.2 Å². The second-order valence-electron chi connectivity index (χ2n) is 8.84. The number of amides is 2. The van der Waals surface area contributed by atoms with Gasteiger partial charge in [0.15, 0.2) is 5.82 Å². The number of carbonyl (C=O) groups is 2. The number of fused-ring (bicyclic) bond motifs is 1. The predicted octanol–water partition coefficient (Wildman–Crippen LogP) is 4.95. The van der Waals surface area contributed by atoms with Crippen LogP contribution in [-0.4, -0.2) is 32.2 Å². The van der Waals surface area contributed by atoms with Crippen LogP contribution in [0.1, 0.15) is 49.0 Å². The highest BCUT2D eigenvalue weighted by atomic mass is 16.4. The molecule has 4 rings (SSSR count). The number of aliphatic hydroxyl groups is 1. The maximum absolute atomic E-state index is 12.2. The van der Waals surface area contributed by atoms with Gasteiger partial charge in [0.2, 0.25) is 0 Å². The zero-order chi connectivity index (χ0) is 24.3. The van der Waals surface area contributed by atoms with Crippen molar-refractivity contribution in [1.82, 2.24) is 9.97 Å². The Bertz CT molecular complexity index is 1210. The zero-order valence-corrected chi connectivity index (χ0v) is 19.2. The number of nitrogens with zero attached hydrogens (tertiary/aromatic N) is 2. The largest absolute Gasteiger partial charge is 0.481 e. The summed E-state index contributed by atoms with van der Waals surface area (Å²) in [6, 6.07) is 12.8. The molecule has 34 heavy (non-hydrogen) atoms. The second kappa shape index (κ2) is 9.61. The van der Waals surface area contributed by atoms with Crippen molar-refractivity contribution < 1.29 is 19.8 Å². The SMILES string of the molecule is CCC1(CC(=O)O)CCc2cc(-c3cnc(NC(=O)Nc4cccc(C)c4)cn3)ccc2C1O. The Balaban J connectivity index is 1.46. The van der Waals surface area contributed by atoms with E-state index >= 15 is 0 Å². The zero-order valence-electron chi connectivity index (χ0n) is 19.2. The van der Waals surface area contributed by atoms with Crippen LogP contribution in [0.4, 0.5) is 16.3 Å². The number of carbonyl (C=O) groups excluding carboxylic acids is 1. The van der Waals surface area contributed by atoms with E-state index in [1.165, 1.54) is 6.20 Å². The molecule has 0 spiro atoms. The molecule has 176 valence electrons. The Morgan fingerprint density at radius 1 is 1.12 bits per heavy atom. The van der Waals surface area contributed by atoms with Crippen molar-refractivity contribution in [1.29, 1.82) is 0 Å². The van der Waals surface area contributed by atoms with E-state index in [0.717, 1.165) is 22.3 Å². The molecule has 0 saturated carbocycles. The summed E-state index contributed by atoms with van der Waals surface area (Å²) in [5, 5.41) is 25.7. The average molecular weight is 461 g/mol. The number of anilines is 2. The third-order valence-corrected chi connectivity index (χ3v) is 6.58. The fraction of sp³-hybridized carbons (Fsp3) is 0.308. The molecule has 4 N–H and O–H groups in total. The molecular weight excluding hydrogens is 432 g/mol. The molecular formula is C26H28N4O4. The first-order valence-corrected chi connectivity index (χ1v) is 11.3. The maximum atomic E-state index is 12.2. The molecule has 0 saturated heterocycles. The number of carboxylic acid groups (broad SMARTS) is 1. The average Bonchev–Trinajstić information content (AvgIpc) is 2.81. The third kappa shape index (κ3) is 4.92. The van der Waals surface area contributed by atoms with Gasteiger partial charge in [-0.05, 0) is 61.1 Å². The number of urea groups is 1. The number of benzene rings is 2. The molecule has 0 bridgehead atoms. The van der Waals surface area contributed by atoms with Gasteiger partial charge in [0.05, 0.1) is 30.6 Å². The van der Waals surface area contributed by atoms with E-state index in [-0.39, 0.29) is 6.42 Å². The summed E-state index contributed by atoms with van der Waals surface area (Å²) >= 11 is 0. The van der Waals surface area contributed by atoms with Crippen molar-refractivity contribution in [2.24, 2.45) is 5.41 Å². The summed E-state index contributed by atoms with van der Waals surface area (Å²) in [5.74, 6) is -0.568. The topological polar surface area (TPSA) is 124 Å². The molecule has 1 aromatic heterocycles. The van der Waals surface area contributed by atoms with Crippen molar-refractivity contribution >= 4 is 23.5 Å². The van der Waals surface area contributed by atoms with E-state index in [1.54, 1.807) is 12.3 Å². The summed E-state index contributed by atoms with van der Waals surface area (Å²) in [5.41, 5.74) is 4.33. The quantitative estimate of drug-likeness (QED) is 0.413. The van der Waals surface area contributed by atoms with Gasteiger partial charge in [-0.1, -0.05) is 31.2 Å². The van der Waals surface area contributed by atoms with Gasteiger partial charge in [0.25, 0.3) is 0 Å². The van der Waals surface area contributed by atoms with E-state index in [4.69, 9.17) is 0 Å². The number of aromatic nitrogens is 2. The van der Waals surface area contributed by atoms with Gasteiger partial charge < -0.3 is 15.5 Å². The van der Waals surface area contributed by atoms with Gasteiger partial charge >= 0.3 is 12.0 Å². The molecule has 0 radical (unpaired) electrons. The number of aliphatic hydroxyl groups excluding tert-OH is 1. The van der Waals surface area contributed by atoms with Gasteiger partial charge in [-0.15, -0.1) is 0 Å². The lowest BCUT2D eigenvalue weighted by atomic mass is 9.66. The van der Waals surface area contributed by atoms with Gasteiger partial charge in [0, 0.05) is 16.7 Å². The number of aryl methyl sites for hydroxylation is 2. The minimum Gasteiger partial charge on any atom is -0.481 e. The highest BCUT2D eigenvalue weighted by Gasteiger charge is 2.42. The van der Waals surface area contributed by atoms with Crippen LogP contribution in [0.15, 0.2) is 54.9 Å². The standard InChI is InChI=1S/C26H28N4O4/c1-3-26(13-23(31)32)10-9-17-12-18(7-8-20(17)24(26)33)21-14-28-22(15-27-21)30-25(34)29-19-6-4-5-16(2)11-19/h4-8,11-12,14-15,24,33H,3,9-10,13H2,1-2H3,(H,31,32)(H2,28,29,30,34). The molecule has 8 heteroatoms. The Morgan fingerprint density at radius 2 is 1.94 bits per heavy atom. The van der Waals surface area contributed by atoms with Crippen LogP contribution in [0.5, 0.6) is 0 Å². The van der Waals surface area contributed by atoms with Crippen molar-refractivity contribution in [3.8, 4) is 11.3 Å². The van der Waals surface area contributed by atoms with Crippen LogP contribution in [0.25, 0.3) is 11.3 Å². The Hall–Kier alpha value is -3.78. The molecule has 2 atom stereocenters. The highest BCUT2D eigenvalue weighted by molar-refractivity contribution is 5.99. The predicted molar refractivity (Wildman–Crippen MR) is 130 cm³/mol. The lowest BCUT2D eigenvalue weighted by Gasteiger charge is -2.41. The fourth-order valence-corrected chi connectivity index (χ4v) is 4.62. The van der Waals surface area contributed by atoms with Crippen LogP contribution in [0.3, 0.4) is 0 Å². The molecule has 8 nitrogen and oxygen atoms in total. The number of nitrogens with one attached hydrogen (secondary N) is 2. The first kappa shape index (κ1) is 23.4. The molecule has 2 aromatic carbocycles. The van der Waals surface area contributed by atoms with Crippen LogP contribution in [-0.2, 0) is 11.2 Å². The maximum Gasteiger partial charge on any atom is 0.324 e. The summed E-state index contributed by atoms with van der Waals surface area (Å²) in [4.78, 5) is 32.3. The summed E-state index contributed by atoms with van der Waals surface area (Å²) in [6.45, 7) is 3.88. The molecule has 1 aliphatic rings. The van der Waals surface area contributed by atoms with E-state index < -0.39 is 23.5 Å². The summed E-state index contributed by atoms with van der Waals surface area (Å²) in [6.07, 6.45) is 4.10. The smallest absolute Gasteiger partial charge is 0.324 e.